The highest BCUT2D eigenvalue weighted by Crippen LogP contribution is 2.24. The van der Waals surface area contributed by atoms with Gasteiger partial charge in [0.2, 0.25) is 0 Å². The van der Waals surface area contributed by atoms with Gasteiger partial charge in [-0.3, -0.25) is 19.9 Å². The summed E-state index contributed by atoms with van der Waals surface area (Å²) in [5.74, 6) is 0.330. The fraction of sp³-hybridized carbons (Fsp3) is 0.333. The number of nitrogens with zero attached hydrogens (tertiary/aromatic N) is 3. The first-order chi connectivity index (χ1) is 12.0. The van der Waals surface area contributed by atoms with E-state index < -0.39 is 0 Å². The highest BCUT2D eigenvalue weighted by Gasteiger charge is 2.18. The van der Waals surface area contributed by atoms with E-state index in [9.17, 15) is 15.2 Å². The van der Waals surface area contributed by atoms with E-state index >= 15 is 0 Å². The Labute approximate surface area is 155 Å². The normalized spacial score (nSPS) is 16.0. The van der Waals surface area contributed by atoms with Gasteiger partial charge in [-0.2, -0.15) is 0 Å². The number of non-ortho nitro benzene ring substituents is 1. The molecule has 0 radical (unpaired) electrons. The first-order valence-electron chi connectivity index (χ1n) is 8.17. The van der Waals surface area contributed by atoms with Crippen molar-refractivity contribution >= 4 is 21.6 Å². The van der Waals surface area contributed by atoms with E-state index in [0.717, 1.165) is 54.9 Å². The van der Waals surface area contributed by atoms with Gasteiger partial charge in [0.05, 0.1) is 4.92 Å². The lowest BCUT2D eigenvalue weighted by Gasteiger charge is -2.34. The lowest BCUT2D eigenvalue weighted by molar-refractivity contribution is -0.384. The number of hydrogen-bond donors (Lipinski definition) is 1. The average Bonchev–Trinajstić information content (AvgIpc) is 2.60. The first-order valence-corrected chi connectivity index (χ1v) is 8.96. The third-order valence-corrected chi connectivity index (χ3v) is 4.95. The topological polar surface area (TPSA) is 69.9 Å². The maximum Gasteiger partial charge on any atom is 0.269 e. The number of hydrogen-bond acceptors (Lipinski definition) is 5. The molecule has 3 rings (SSSR count). The summed E-state index contributed by atoms with van der Waals surface area (Å²) in [6.07, 6.45) is 0. The second-order valence-corrected chi connectivity index (χ2v) is 7.16. The number of phenolic OH excluding ortho intramolecular Hbond substituents is 1. The monoisotopic (exact) mass is 405 g/mol. The van der Waals surface area contributed by atoms with Crippen molar-refractivity contribution in [3.8, 4) is 5.75 Å². The van der Waals surface area contributed by atoms with Crippen molar-refractivity contribution in [2.75, 3.05) is 26.2 Å². The molecule has 0 spiro atoms. The summed E-state index contributed by atoms with van der Waals surface area (Å²) in [6.45, 7) is 5.26. The van der Waals surface area contributed by atoms with Crippen LogP contribution >= 0.6 is 15.9 Å². The molecule has 0 unspecified atom stereocenters. The molecule has 1 aliphatic heterocycles. The van der Waals surface area contributed by atoms with Crippen molar-refractivity contribution in [3.05, 3.63) is 68.2 Å². The molecule has 0 amide bonds. The van der Waals surface area contributed by atoms with Crippen LogP contribution in [0.2, 0.25) is 0 Å². The van der Waals surface area contributed by atoms with Crippen LogP contribution in [0, 0.1) is 10.1 Å². The fourth-order valence-electron chi connectivity index (χ4n) is 3.01. The summed E-state index contributed by atoms with van der Waals surface area (Å²) in [7, 11) is 0. The minimum atomic E-state index is -0.375. The zero-order valence-corrected chi connectivity index (χ0v) is 15.4. The van der Waals surface area contributed by atoms with Gasteiger partial charge in [-0.1, -0.05) is 28.1 Å². The summed E-state index contributed by atoms with van der Waals surface area (Å²) in [6, 6.07) is 12.3. The van der Waals surface area contributed by atoms with Crippen LogP contribution in [0.15, 0.2) is 46.9 Å². The molecule has 0 aliphatic carbocycles. The van der Waals surface area contributed by atoms with Crippen LogP contribution in [0.25, 0.3) is 0 Å². The van der Waals surface area contributed by atoms with E-state index in [4.69, 9.17) is 0 Å². The Morgan fingerprint density at radius 1 is 1.00 bits per heavy atom. The highest BCUT2D eigenvalue weighted by atomic mass is 79.9. The van der Waals surface area contributed by atoms with Gasteiger partial charge in [-0.15, -0.1) is 0 Å². The van der Waals surface area contributed by atoms with E-state index in [1.807, 2.05) is 24.3 Å². The fourth-order valence-corrected chi connectivity index (χ4v) is 3.42. The van der Waals surface area contributed by atoms with Gasteiger partial charge in [-0.05, 0) is 23.8 Å². The molecule has 0 saturated carbocycles. The Kier molecular flexibility index (Phi) is 5.67. The van der Waals surface area contributed by atoms with Crippen LogP contribution in [0.4, 0.5) is 5.69 Å². The second kappa shape index (κ2) is 7.95. The van der Waals surface area contributed by atoms with E-state index in [2.05, 4.69) is 25.7 Å². The van der Waals surface area contributed by atoms with Crippen molar-refractivity contribution in [1.82, 2.24) is 9.80 Å². The Balaban J connectivity index is 1.51. The predicted molar refractivity (Wildman–Crippen MR) is 99.5 cm³/mol. The Morgan fingerprint density at radius 2 is 1.60 bits per heavy atom. The highest BCUT2D eigenvalue weighted by molar-refractivity contribution is 9.10. The van der Waals surface area contributed by atoms with Crippen molar-refractivity contribution in [2.45, 2.75) is 13.1 Å². The molecule has 2 aromatic rings. The van der Waals surface area contributed by atoms with Crippen molar-refractivity contribution in [1.29, 1.82) is 0 Å². The van der Waals surface area contributed by atoms with E-state index in [0.29, 0.717) is 5.75 Å². The molecule has 25 heavy (non-hydrogen) atoms. The van der Waals surface area contributed by atoms with Crippen LogP contribution in [0.3, 0.4) is 0 Å². The van der Waals surface area contributed by atoms with Crippen LogP contribution in [-0.4, -0.2) is 46.0 Å². The van der Waals surface area contributed by atoms with Gasteiger partial charge >= 0.3 is 0 Å². The molecule has 0 aromatic heterocycles. The lowest BCUT2D eigenvalue weighted by atomic mass is 10.1. The third kappa shape index (κ3) is 4.78. The Bertz CT molecular complexity index is 744. The number of piperazine rings is 1. The van der Waals surface area contributed by atoms with E-state index in [1.54, 1.807) is 18.2 Å². The van der Waals surface area contributed by atoms with Gasteiger partial charge in [-0.25, -0.2) is 0 Å². The molecule has 1 saturated heterocycles. The standard InChI is InChI=1S/C18H20BrN3O3/c19-16-3-6-18(23)15(11-16)13-21-9-7-20(8-10-21)12-14-1-4-17(5-2-14)22(24)25/h1-6,11,23H,7-10,12-13H2. The molecule has 2 aromatic carbocycles. The third-order valence-electron chi connectivity index (χ3n) is 4.45. The van der Waals surface area contributed by atoms with Crippen LogP contribution < -0.4 is 0 Å². The first kappa shape index (κ1) is 17.8. The summed E-state index contributed by atoms with van der Waals surface area (Å²) in [5, 5.41) is 20.7. The quantitative estimate of drug-likeness (QED) is 0.609. The lowest BCUT2D eigenvalue weighted by Crippen LogP contribution is -2.45. The van der Waals surface area contributed by atoms with Crippen molar-refractivity contribution in [2.24, 2.45) is 0 Å². The molecule has 6 nitrogen and oxygen atoms in total. The van der Waals surface area contributed by atoms with Gasteiger partial charge in [0.1, 0.15) is 5.75 Å². The number of nitro benzene ring substituents is 1. The molecule has 1 fully saturated rings. The van der Waals surface area contributed by atoms with Crippen LogP contribution in [0.5, 0.6) is 5.75 Å². The number of phenols is 1. The predicted octanol–water partition coefficient (Wildman–Crippen LogP) is 3.38. The minimum Gasteiger partial charge on any atom is -0.508 e. The number of rotatable bonds is 5. The zero-order valence-electron chi connectivity index (χ0n) is 13.8. The molecular formula is C18H20BrN3O3. The molecule has 132 valence electrons. The SMILES string of the molecule is O=[N+]([O-])c1ccc(CN2CCN(Cc3cc(Br)ccc3O)CC2)cc1. The molecule has 7 heteroatoms. The average molecular weight is 406 g/mol. The smallest absolute Gasteiger partial charge is 0.269 e. The molecular weight excluding hydrogens is 386 g/mol. The maximum absolute atomic E-state index is 10.7. The molecule has 1 heterocycles. The van der Waals surface area contributed by atoms with Gasteiger partial charge in [0.15, 0.2) is 0 Å². The van der Waals surface area contributed by atoms with Crippen LogP contribution in [-0.2, 0) is 13.1 Å². The Morgan fingerprint density at radius 3 is 2.20 bits per heavy atom. The maximum atomic E-state index is 10.7. The number of benzene rings is 2. The molecule has 1 N–H and O–H groups in total. The number of nitro groups is 1. The minimum absolute atomic E-state index is 0.127. The van der Waals surface area contributed by atoms with E-state index in [-0.39, 0.29) is 10.6 Å². The van der Waals surface area contributed by atoms with Gasteiger partial charge in [0, 0.05) is 61.4 Å². The van der Waals surface area contributed by atoms with Crippen molar-refractivity contribution < 1.29 is 10.0 Å². The van der Waals surface area contributed by atoms with Crippen molar-refractivity contribution in [3.63, 3.8) is 0 Å². The van der Waals surface area contributed by atoms with E-state index in [1.165, 1.54) is 0 Å². The van der Waals surface area contributed by atoms with Gasteiger partial charge in [0.25, 0.3) is 5.69 Å². The molecule has 1 aliphatic rings. The van der Waals surface area contributed by atoms with Gasteiger partial charge < -0.3 is 5.11 Å². The number of aromatic hydroxyl groups is 1. The summed E-state index contributed by atoms with van der Waals surface area (Å²) in [5.41, 5.74) is 2.14. The summed E-state index contributed by atoms with van der Waals surface area (Å²) < 4.78 is 0.970. The molecule has 0 atom stereocenters. The second-order valence-electron chi connectivity index (χ2n) is 6.25. The Hall–Kier alpha value is -1.96. The summed E-state index contributed by atoms with van der Waals surface area (Å²) in [4.78, 5) is 15.0. The largest absolute Gasteiger partial charge is 0.508 e. The zero-order chi connectivity index (χ0) is 17.8. The van der Waals surface area contributed by atoms with Crippen LogP contribution in [0.1, 0.15) is 11.1 Å². The molecule has 0 bridgehead atoms. The number of halogens is 1. The summed E-state index contributed by atoms with van der Waals surface area (Å²) >= 11 is 3.44.